The zero-order chi connectivity index (χ0) is 14.2. The van der Waals surface area contributed by atoms with E-state index in [9.17, 15) is 8.42 Å². The van der Waals surface area contributed by atoms with Crippen molar-refractivity contribution >= 4 is 32.6 Å². The molecule has 0 aliphatic carbocycles. The number of hydrazine groups is 1. The molecule has 3 heterocycles. The van der Waals surface area contributed by atoms with E-state index in [1.807, 2.05) is 0 Å². The molecule has 0 bridgehead atoms. The average molecular weight is 297 g/mol. The van der Waals surface area contributed by atoms with Gasteiger partial charge in [-0.25, -0.2) is 14.3 Å². The van der Waals surface area contributed by atoms with Crippen LogP contribution in [0.3, 0.4) is 0 Å². The third-order valence-electron chi connectivity index (χ3n) is 3.32. The summed E-state index contributed by atoms with van der Waals surface area (Å²) in [5.74, 6) is 6.76. The lowest BCUT2D eigenvalue weighted by Crippen LogP contribution is -2.17. The molecule has 1 saturated heterocycles. The van der Waals surface area contributed by atoms with Crippen molar-refractivity contribution in [1.29, 1.82) is 0 Å². The molecule has 1 atom stereocenters. The van der Waals surface area contributed by atoms with Gasteiger partial charge in [0.15, 0.2) is 15.5 Å². The van der Waals surface area contributed by atoms with Gasteiger partial charge in [0.05, 0.1) is 23.1 Å². The summed E-state index contributed by atoms with van der Waals surface area (Å²) in [7, 11) is -2.87. The second-order valence-corrected chi connectivity index (χ2v) is 7.05. The van der Waals surface area contributed by atoms with Gasteiger partial charge in [0.1, 0.15) is 5.82 Å². The van der Waals surface area contributed by atoms with Crippen LogP contribution in [0.25, 0.3) is 11.0 Å². The first-order valence-electron chi connectivity index (χ1n) is 6.19. The first kappa shape index (κ1) is 13.1. The Hall–Kier alpha value is -1.94. The fourth-order valence-corrected chi connectivity index (χ4v) is 4.17. The van der Waals surface area contributed by atoms with Gasteiger partial charge in [-0.05, 0) is 12.3 Å². The molecule has 1 aliphatic heterocycles. The quantitative estimate of drug-likeness (QED) is 0.437. The molecule has 108 valence electrons. The number of hydrogen-bond acceptors (Lipinski definition) is 8. The summed E-state index contributed by atoms with van der Waals surface area (Å²) in [5.41, 5.74) is 2.95. The van der Waals surface area contributed by atoms with Gasteiger partial charge >= 0.3 is 0 Å². The zero-order valence-electron chi connectivity index (χ0n) is 10.6. The van der Waals surface area contributed by atoms with Crippen LogP contribution < -0.4 is 16.6 Å². The van der Waals surface area contributed by atoms with E-state index in [1.165, 1.54) is 0 Å². The van der Waals surface area contributed by atoms with Crippen LogP contribution in [0.15, 0.2) is 6.20 Å². The van der Waals surface area contributed by atoms with Crippen LogP contribution in [-0.4, -0.2) is 46.6 Å². The number of nitrogens with two attached hydrogens (primary N) is 1. The van der Waals surface area contributed by atoms with Gasteiger partial charge < -0.3 is 5.32 Å². The van der Waals surface area contributed by atoms with Crippen molar-refractivity contribution in [3.8, 4) is 0 Å². The zero-order valence-corrected chi connectivity index (χ0v) is 11.4. The Morgan fingerprint density at radius 1 is 1.45 bits per heavy atom. The van der Waals surface area contributed by atoms with E-state index < -0.39 is 9.84 Å². The maximum absolute atomic E-state index is 11.4. The predicted molar refractivity (Wildman–Crippen MR) is 74.7 cm³/mol. The predicted octanol–water partition coefficient (Wildman–Crippen LogP) is -0.515. The van der Waals surface area contributed by atoms with Gasteiger partial charge in [-0.1, -0.05) is 0 Å². The van der Waals surface area contributed by atoms with Gasteiger partial charge in [-0.15, -0.1) is 0 Å². The van der Waals surface area contributed by atoms with Crippen LogP contribution >= 0.6 is 0 Å². The molecular formula is C10H15N7O2S. The van der Waals surface area contributed by atoms with Crippen molar-refractivity contribution in [3.63, 3.8) is 0 Å². The van der Waals surface area contributed by atoms with Gasteiger partial charge in [-0.2, -0.15) is 15.1 Å². The molecule has 9 nitrogen and oxygen atoms in total. The number of sulfone groups is 1. The van der Waals surface area contributed by atoms with Gasteiger partial charge in [0, 0.05) is 6.54 Å². The number of nitrogens with one attached hydrogen (secondary N) is 3. The Balaban J connectivity index is 1.78. The minimum atomic E-state index is -2.87. The lowest BCUT2D eigenvalue weighted by Gasteiger charge is -2.11. The smallest absolute Gasteiger partial charge is 0.241 e. The highest BCUT2D eigenvalue weighted by molar-refractivity contribution is 7.91. The van der Waals surface area contributed by atoms with E-state index in [2.05, 4.69) is 30.9 Å². The van der Waals surface area contributed by atoms with E-state index in [0.29, 0.717) is 24.4 Å². The Morgan fingerprint density at radius 2 is 2.30 bits per heavy atom. The molecule has 3 rings (SSSR count). The molecule has 10 heteroatoms. The Morgan fingerprint density at radius 3 is 3.00 bits per heavy atom. The highest BCUT2D eigenvalue weighted by Gasteiger charge is 2.27. The number of aromatic nitrogens is 4. The van der Waals surface area contributed by atoms with E-state index in [4.69, 9.17) is 5.84 Å². The monoisotopic (exact) mass is 297 g/mol. The number of aromatic amines is 1. The normalized spacial score (nSPS) is 21.1. The fourth-order valence-electron chi connectivity index (χ4n) is 2.31. The van der Waals surface area contributed by atoms with Crippen molar-refractivity contribution in [2.24, 2.45) is 11.8 Å². The molecule has 0 radical (unpaired) electrons. The number of nitrogen functional groups attached to an aromatic ring is 1. The van der Waals surface area contributed by atoms with Crippen molar-refractivity contribution in [1.82, 2.24) is 20.2 Å². The van der Waals surface area contributed by atoms with Crippen LogP contribution in [-0.2, 0) is 9.84 Å². The number of fused-ring (bicyclic) bond motifs is 1. The summed E-state index contributed by atoms with van der Waals surface area (Å²) in [5, 5.41) is 10.5. The van der Waals surface area contributed by atoms with Gasteiger partial charge in [0.2, 0.25) is 5.95 Å². The molecule has 1 aliphatic rings. The van der Waals surface area contributed by atoms with Crippen LogP contribution in [0.1, 0.15) is 6.42 Å². The molecule has 1 unspecified atom stereocenters. The molecule has 0 amide bonds. The van der Waals surface area contributed by atoms with Crippen LogP contribution in [0.2, 0.25) is 0 Å². The third kappa shape index (κ3) is 2.51. The summed E-state index contributed by atoms with van der Waals surface area (Å²) in [4.78, 5) is 8.34. The molecule has 0 spiro atoms. The molecule has 0 saturated carbocycles. The van der Waals surface area contributed by atoms with Crippen molar-refractivity contribution in [2.75, 3.05) is 28.8 Å². The van der Waals surface area contributed by atoms with E-state index in [-0.39, 0.29) is 23.4 Å². The molecule has 5 N–H and O–H groups in total. The number of rotatable bonds is 4. The topological polar surface area (TPSA) is 139 Å². The second-order valence-electron chi connectivity index (χ2n) is 4.82. The van der Waals surface area contributed by atoms with Crippen molar-refractivity contribution in [3.05, 3.63) is 6.20 Å². The number of hydrogen-bond donors (Lipinski definition) is 4. The standard InChI is InChI=1S/C10H15N7O2S/c11-16-10-14-8(7-4-13-17-9(7)15-10)12-3-6-1-2-20(18,19)5-6/h4,6H,1-3,5,11H2,(H3,12,13,14,15,16,17). The Kier molecular flexibility index (Phi) is 3.18. The first-order chi connectivity index (χ1) is 9.57. The molecule has 0 aromatic carbocycles. The summed E-state index contributed by atoms with van der Waals surface area (Å²) < 4.78 is 22.9. The maximum atomic E-state index is 11.4. The molecule has 1 fully saturated rings. The lowest BCUT2D eigenvalue weighted by atomic mass is 10.1. The number of H-pyrrole nitrogens is 1. The minimum absolute atomic E-state index is 0.103. The molecule has 20 heavy (non-hydrogen) atoms. The Bertz CT molecular complexity index is 726. The number of nitrogens with zero attached hydrogens (tertiary/aromatic N) is 3. The van der Waals surface area contributed by atoms with Crippen LogP contribution in [0.4, 0.5) is 11.8 Å². The van der Waals surface area contributed by atoms with E-state index in [1.54, 1.807) is 6.20 Å². The maximum Gasteiger partial charge on any atom is 0.241 e. The SMILES string of the molecule is NNc1nc(NCC2CCS(=O)(=O)C2)c2cn[nH]c2n1. The molecular weight excluding hydrogens is 282 g/mol. The molecule has 2 aromatic rings. The Labute approximate surface area is 115 Å². The summed E-state index contributed by atoms with van der Waals surface area (Å²) in [6.07, 6.45) is 2.29. The fraction of sp³-hybridized carbons (Fsp3) is 0.500. The van der Waals surface area contributed by atoms with Crippen LogP contribution in [0.5, 0.6) is 0 Å². The van der Waals surface area contributed by atoms with E-state index >= 15 is 0 Å². The van der Waals surface area contributed by atoms with Gasteiger partial charge in [0.25, 0.3) is 0 Å². The highest BCUT2D eigenvalue weighted by atomic mass is 32.2. The number of anilines is 2. The highest BCUT2D eigenvalue weighted by Crippen LogP contribution is 2.22. The second kappa shape index (κ2) is 4.87. The van der Waals surface area contributed by atoms with E-state index in [0.717, 1.165) is 5.39 Å². The summed E-state index contributed by atoms with van der Waals surface area (Å²) in [6.45, 7) is 0.542. The third-order valence-corrected chi connectivity index (χ3v) is 5.16. The molecule has 2 aromatic heterocycles. The largest absolute Gasteiger partial charge is 0.369 e. The van der Waals surface area contributed by atoms with Crippen LogP contribution in [0, 0.1) is 5.92 Å². The minimum Gasteiger partial charge on any atom is -0.369 e. The van der Waals surface area contributed by atoms with Crippen molar-refractivity contribution < 1.29 is 8.42 Å². The average Bonchev–Trinajstić information content (AvgIpc) is 3.01. The first-order valence-corrected chi connectivity index (χ1v) is 8.01. The lowest BCUT2D eigenvalue weighted by molar-refractivity contribution is 0.596. The summed E-state index contributed by atoms with van der Waals surface area (Å²) >= 11 is 0. The summed E-state index contributed by atoms with van der Waals surface area (Å²) in [6, 6.07) is 0. The van der Waals surface area contributed by atoms with Crippen molar-refractivity contribution in [2.45, 2.75) is 6.42 Å². The van der Waals surface area contributed by atoms with Gasteiger partial charge in [-0.3, -0.25) is 10.5 Å².